The van der Waals surface area contributed by atoms with Gasteiger partial charge >= 0.3 is 0 Å². The second kappa shape index (κ2) is 4.45. The smallest absolute Gasteiger partial charge is 0.140 e. The molecular formula is C13H11N3. The van der Waals surface area contributed by atoms with Gasteiger partial charge in [0.2, 0.25) is 0 Å². The van der Waals surface area contributed by atoms with E-state index in [0.717, 1.165) is 11.4 Å². The first-order chi connectivity index (χ1) is 7.79. The van der Waals surface area contributed by atoms with Crippen LogP contribution in [0.15, 0.2) is 42.6 Å². The lowest BCUT2D eigenvalue weighted by atomic mass is 10.2. The molecule has 2 rings (SSSR count). The molecule has 0 aliphatic rings. The lowest BCUT2D eigenvalue weighted by molar-refractivity contribution is 1.26. The van der Waals surface area contributed by atoms with Gasteiger partial charge in [-0.05, 0) is 30.7 Å². The molecule has 78 valence electrons. The molecule has 1 aromatic carbocycles. The Hall–Kier alpha value is -2.34. The van der Waals surface area contributed by atoms with Crippen LogP contribution in [-0.4, -0.2) is 4.98 Å². The first-order valence-corrected chi connectivity index (χ1v) is 4.98. The highest BCUT2D eigenvalue weighted by molar-refractivity contribution is 5.62. The molecule has 3 nitrogen and oxygen atoms in total. The normalized spacial score (nSPS) is 9.50. The maximum absolute atomic E-state index is 8.63. The number of nitrogens with zero attached hydrogens (tertiary/aromatic N) is 2. The topological polar surface area (TPSA) is 48.7 Å². The van der Waals surface area contributed by atoms with E-state index in [4.69, 9.17) is 5.26 Å². The average Bonchev–Trinajstić information content (AvgIpc) is 2.33. The maximum atomic E-state index is 8.63. The number of aromatic nitrogens is 1. The molecular weight excluding hydrogens is 198 g/mol. The Morgan fingerprint density at radius 3 is 2.62 bits per heavy atom. The zero-order chi connectivity index (χ0) is 11.4. The van der Waals surface area contributed by atoms with Gasteiger partial charge in [0, 0.05) is 5.69 Å². The van der Waals surface area contributed by atoms with Crippen molar-refractivity contribution in [1.29, 1.82) is 5.26 Å². The molecule has 0 radical (unpaired) electrons. The van der Waals surface area contributed by atoms with E-state index in [1.54, 1.807) is 12.3 Å². The van der Waals surface area contributed by atoms with Crippen LogP contribution >= 0.6 is 0 Å². The van der Waals surface area contributed by atoms with Gasteiger partial charge < -0.3 is 5.32 Å². The Morgan fingerprint density at radius 2 is 2.00 bits per heavy atom. The van der Waals surface area contributed by atoms with Crippen molar-refractivity contribution in [2.24, 2.45) is 0 Å². The summed E-state index contributed by atoms with van der Waals surface area (Å²) in [6, 6.07) is 13.6. The van der Waals surface area contributed by atoms with Crippen LogP contribution in [-0.2, 0) is 0 Å². The van der Waals surface area contributed by atoms with E-state index in [9.17, 15) is 0 Å². The van der Waals surface area contributed by atoms with Crippen molar-refractivity contribution in [3.8, 4) is 6.07 Å². The minimum Gasteiger partial charge on any atom is -0.354 e. The monoisotopic (exact) mass is 209 g/mol. The SMILES string of the molecule is Cc1ccccc1Nc1ccc(C#N)nc1. The number of hydrogen-bond donors (Lipinski definition) is 1. The summed E-state index contributed by atoms with van der Waals surface area (Å²) in [4.78, 5) is 4.00. The summed E-state index contributed by atoms with van der Waals surface area (Å²) in [6.45, 7) is 2.04. The fourth-order valence-corrected chi connectivity index (χ4v) is 1.40. The van der Waals surface area contributed by atoms with Crippen molar-refractivity contribution >= 4 is 11.4 Å². The van der Waals surface area contributed by atoms with Crippen LogP contribution in [0.2, 0.25) is 0 Å². The van der Waals surface area contributed by atoms with Crippen LogP contribution in [0.25, 0.3) is 0 Å². The van der Waals surface area contributed by atoms with E-state index >= 15 is 0 Å². The number of anilines is 2. The summed E-state index contributed by atoms with van der Waals surface area (Å²) >= 11 is 0. The van der Waals surface area contributed by atoms with Crippen LogP contribution in [0, 0.1) is 18.3 Å². The molecule has 1 aromatic heterocycles. The number of nitriles is 1. The minimum atomic E-state index is 0.426. The predicted octanol–water partition coefficient (Wildman–Crippen LogP) is 3.01. The molecule has 0 atom stereocenters. The van der Waals surface area contributed by atoms with E-state index in [0.29, 0.717) is 5.69 Å². The molecule has 0 saturated carbocycles. The highest BCUT2D eigenvalue weighted by Crippen LogP contribution is 2.19. The van der Waals surface area contributed by atoms with E-state index in [1.807, 2.05) is 43.3 Å². The number of nitrogens with one attached hydrogen (secondary N) is 1. The third-order valence-electron chi connectivity index (χ3n) is 2.30. The lowest BCUT2D eigenvalue weighted by Gasteiger charge is -2.08. The van der Waals surface area contributed by atoms with Crippen molar-refractivity contribution in [2.45, 2.75) is 6.92 Å². The van der Waals surface area contributed by atoms with Crippen molar-refractivity contribution in [3.05, 3.63) is 53.9 Å². The van der Waals surface area contributed by atoms with Gasteiger partial charge in [0.15, 0.2) is 0 Å². The summed E-state index contributed by atoms with van der Waals surface area (Å²) < 4.78 is 0. The van der Waals surface area contributed by atoms with Crippen molar-refractivity contribution in [2.75, 3.05) is 5.32 Å². The summed E-state index contributed by atoms with van der Waals surface area (Å²) in [6.07, 6.45) is 1.66. The van der Waals surface area contributed by atoms with Crippen LogP contribution in [0.4, 0.5) is 11.4 Å². The summed E-state index contributed by atoms with van der Waals surface area (Å²) in [7, 11) is 0. The molecule has 3 heteroatoms. The number of pyridine rings is 1. The molecule has 0 unspecified atom stereocenters. The van der Waals surface area contributed by atoms with E-state index in [-0.39, 0.29) is 0 Å². The Morgan fingerprint density at radius 1 is 1.19 bits per heavy atom. The van der Waals surface area contributed by atoms with Gasteiger partial charge in [0.05, 0.1) is 11.9 Å². The zero-order valence-corrected chi connectivity index (χ0v) is 8.94. The zero-order valence-electron chi connectivity index (χ0n) is 8.94. The predicted molar refractivity (Wildman–Crippen MR) is 63.4 cm³/mol. The molecule has 0 bridgehead atoms. The third-order valence-corrected chi connectivity index (χ3v) is 2.30. The molecule has 0 aliphatic carbocycles. The van der Waals surface area contributed by atoms with Gasteiger partial charge in [0.1, 0.15) is 11.8 Å². The fourth-order valence-electron chi connectivity index (χ4n) is 1.40. The van der Waals surface area contributed by atoms with Gasteiger partial charge in [-0.3, -0.25) is 0 Å². The number of aryl methyl sites for hydroxylation is 1. The number of para-hydroxylation sites is 1. The van der Waals surface area contributed by atoms with Gasteiger partial charge in [0.25, 0.3) is 0 Å². The molecule has 1 N–H and O–H groups in total. The summed E-state index contributed by atoms with van der Waals surface area (Å²) in [5.74, 6) is 0. The van der Waals surface area contributed by atoms with Gasteiger partial charge in [-0.25, -0.2) is 4.98 Å². The van der Waals surface area contributed by atoms with Crippen LogP contribution < -0.4 is 5.32 Å². The fraction of sp³-hybridized carbons (Fsp3) is 0.0769. The minimum absolute atomic E-state index is 0.426. The van der Waals surface area contributed by atoms with Gasteiger partial charge in [-0.1, -0.05) is 18.2 Å². The van der Waals surface area contributed by atoms with Crippen molar-refractivity contribution in [1.82, 2.24) is 4.98 Å². The molecule has 0 amide bonds. The lowest BCUT2D eigenvalue weighted by Crippen LogP contribution is -1.93. The maximum Gasteiger partial charge on any atom is 0.140 e. The molecule has 16 heavy (non-hydrogen) atoms. The van der Waals surface area contributed by atoms with Crippen LogP contribution in [0.3, 0.4) is 0 Å². The molecule has 0 spiro atoms. The van der Waals surface area contributed by atoms with Crippen LogP contribution in [0.1, 0.15) is 11.3 Å². The molecule has 0 saturated heterocycles. The molecule has 1 heterocycles. The van der Waals surface area contributed by atoms with Gasteiger partial charge in [-0.2, -0.15) is 5.26 Å². The third kappa shape index (κ3) is 2.18. The first-order valence-electron chi connectivity index (χ1n) is 4.98. The standard InChI is InChI=1S/C13H11N3/c1-10-4-2-3-5-13(10)16-12-7-6-11(8-14)15-9-12/h2-7,9,16H,1H3. The van der Waals surface area contributed by atoms with E-state index in [2.05, 4.69) is 10.3 Å². The second-order valence-corrected chi connectivity index (χ2v) is 3.48. The van der Waals surface area contributed by atoms with Crippen molar-refractivity contribution < 1.29 is 0 Å². The average molecular weight is 209 g/mol. The second-order valence-electron chi connectivity index (χ2n) is 3.48. The largest absolute Gasteiger partial charge is 0.354 e. The number of hydrogen-bond acceptors (Lipinski definition) is 3. The molecule has 2 aromatic rings. The number of benzene rings is 1. The highest BCUT2D eigenvalue weighted by Gasteiger charge is 1.98. The van der Waals surface area contributed by atoms with E-state index in [1.165, 1.54) is 5.56 Å². The summed E-state index contributed by atoms with van der Waals surface area (Å²) in [5, 5.41) is 11.9. The highest BCUT2D eigenvalue weighted by atomic mass is 14.9. The Bertz CT molecular complexity index is 524. The quantitative estimate of drug-likeness (QED) is 0.827. The van der Waals surface area contributed by atoms with Crippen molar-refractivity contribution in [3.63, 3.8) is 0 Å². The Labute approximate surface area is 94.4 Å². The molecule has 0 fully saturated rings. The Balaban J connectivity index is 2.22. The van der Waals surface area contributed by atoms with Gasteiger partial charge in [-0.15, -0.1) is 0 Å². The Kier molecular flexibility index (Phi) is 2.84. The first kappa shape index (κ1) is 10.2. The van der Waals surface area contributed by atoms with Crippen LogP contribution in [0.5, 0.6) is 0 Å². The molecule has 0 aliphatic heterocycles. The number of rotatable bonds is 2. The van der Waals surface area contributed by atoms with E-state index < -0.39 is 0 Å². The summed E-state index contributed by atoms with van der Waals surface area (Å²) in [5.41, 5.74) is 3.53.